The van der Waals surface area contributed by atoms with Crippen LogP contribution in [0.25, 0.3) is 11.0 Å². The Morgan fingerprint density at radius 3 is 2.71 bits per heavy atom. The SMILES string of the molecule is Cc1cc(C)c2c(CN3CCc4ccccc4C3)cc(=O)oc2c1. The molecule has 4 rings (SSSR count). The number of rotatable bonds is 2. The van der Waals surface area contributed by atoms with E-state index in [2.05, 4.69) is 42.2 Å². The number of hydrogen-bond donors (Lipinski definition) is 0. The van der Waals surface area contributed by atoms with Crippen molar-refractivity contribution >= 4 is 11.0 Å². The third-order valence-electron chi connectivity index (χ3n) is 4.87. The van der Waals surface area contributed by atoms with Crippen molar-refractivity contribution < 1.29 is 4.42 Å². The molecule has 1 aliphatic heterocycles. The molecule has 0 atom stereocenters. The molecule has 0 radical (unpaired) electrons. The normalized spacial score (nSPS) is 14.8. The smallest absolute Gasteiger partial charge is 0.336 e. The van der Waals surface area contributed by atoms with Crippen LogP contribution in [0.1, 0.15) is 27.8 Å². The van der Waals surface area contributed by atoms with Crippen LogP contribution in [0.3, 0.4) is 0 Å². The van der Waals surface area contributed by atoms with E-state index in [4.69, 9.17) is 4.42 Å². The van der Waals surface area contributed by atoms with Crippen LogP contribution in [0.2, 0.25) is 0 Å². The summed E-state index contributed by atoms with van der Waals surface area (Å²) < 4.78 is 5.44. The molecule has 3 aromatic rings. The Hall–Kier alpha value is -2.39. The molecule has 2 aromatic carbocycles. The van der Waals surface area contributed by atoms with Crippen molar-refractivity contribution in [3.05, 3.63) is 80.7 Å². The van der Waals surface area contributed by atoms with E-state index in [1.54, 1.807) is 6.07 Å². The molecular formula is C21H21NO2. The van der Waals surface area contributed by atoms with E-state index in [0.29, 0.717) is 5.58 Å². The molecule has 0 aliphatic carbocycles. The van der Waals surface area contributed by atoms with Gasteiger partial charge < -0.3 is 4.42 Å². The zero-order valence-corrected chi connectivity index (χ0v) is 14.1. The first-order valence-electron chi connectivity index (χ1n) is 8.43. The second kappa shape index (κ2) is 5.91. The number of fused-ring (bicyclic) bond motifs is 2. The predicted octanol–water partition coefficient (Wildman–Crippen LogP) is 3.97. The van der Waals surface area contributed by atoms with Crippen molar-refractivity contribution in [2.24, 2.45) is 0 Å². The van der Waals surface area contributed by atoms with Crippen LogP contribution in [0.5, 0.6) is 0 Å². The molecule has 122 valence electrons. The molecule has 1 aromatic heterocycles. The van der Waals surface area contributed by atoms with Crippen LogP contribution in [0.4, 0.5) is 0 Å². The van der Waals surface area contributed by atoms with Gasteiger partial charge in [0.15, 0.2) is 0 Å². The number of hydrogen-bond acceptors (Lipinski definition) is 3. The van der Waals surface area contributed by atoms with Gasteiger partial charge in [-0.25, -0.2) is 4.79 Å². The number of benzene rings is 2. The fourth-order valence-electron chi connectivity index (χ4n) is 3.83. The van der Waals surface area contributed by atoms with E-state index in [0.717, 1.165) is 42.6 Å². The van der Waals surface area contributed by atoms with Gasteiger partial charge in [0.1, 0.15) is 5.58 Å². The van der Waals surface area contributed by atoms with Crippen molar-refractivity contribution in [1.29, 1.82) is 0 Å². The summed E-state index contributed by atoms with van der Waals surface area (Å²) in [7, 11) is 0. The number of aryl methyl sites for hydroxylation is 2. The molecule has 24 heavy (non-hydrogen) atoms. The molecule has 0 amide bonds. The Kier molecular flexibility index (Phi) is 3.73. The van der Waals surface area contributed by atoms with Crippen molar-refractivity contribution in [2.75, 3.05) is 6.54 Å². The molecule has 0 spiro atoms. The van der Waals surface area contributed by atoms with Crippen molar-refractivity contribution in [3.8, 4) is 0 Å². The van der Waals surface area contributed by atoms with E-state index < -0.39 is 0 Å². The van der Waals surface area contributed by atoms with E-state index in [1.807, 2.05) is 13.0 Å². The zero-order valence-electron chi connectivity index (χ0n) is 14.1. The van der Waals surface area contributed by atoms with Gasteiger partial charge in [0.2, 0.25) is 0 Å². The van der Waals surface area contributed by atoms with Crippen LogP contribution in [-0.4, -0.2) is 11.4 Å². The first-order valence-corrected chi connectivity index (χ1v) is 8.43. The lowest BCUT2D eigenvalue weighted by Gasteiger charge is -2.29. The van der Waals surface area contributed by atoms with Gasteiger partial charge in [-0.05, 0) is 54.2 Å². The third kappa shape index (κ3) is 2.76. The second-order valence-electron chi connectivity index (χ2n) is 6.77. The Labute approximate surface area is 141 Å². The average Bonchev–Trinajstić information content (AvgIpc) is 2.53. The molecule has 0 bridgehead atoms. The summed E-state index contributed by atoms with van der Waals surface area (Å²) in [6, 6.07) is 14.4. The highest BCUT2D eigenvalue weighted by molar-refractivity contribution is 5.84. The quantitative estimate of drug-likeness (QED) is 0.670. The monoisotopic (exact) mass is 319 g/mol. The lowest BCUT2D eigenvalue weighted by atomic mass is 9.98. The molecule has 0 saturated heterocycles. The summed E-state index contributed by atoms with van der Waals surface area (Å²) >= 11 is 0. The summed E-state index contributed by atoms with van der Waals surface area (Å²) in [5.41, 5.74) is 6.63. The standard InChI is InChI=1S/C21H21NO2/c1-14-9-15(2)21-18(11-20(23)24-19(21)10-14)13-22-8-7-16-5-3-4-6-17(16)12-22/h3-6,9-11H,7-8,12-13H2,1-2H3. The van der Waals surface area contributed by atoms with Crippen LogP contribution in [0.15, 0.2) is 51.7 Å². The molecule has 0 fully saturated rings. The molecule has 3 heteroatoms. The summed E-state index contributed by atoms with van der Waals surface area (Å²) in [4.78, 5) is 14.4. The maximum Gasteiger partial charge on any atom is 0.336 e. The highest BCUT2D eigenvalue weighted by atomic mass is 16.4. The molecule has 3 nitrogen and oxygen atoms in total. The van der Waals surface area contributed by atoms with E-state index in [1.165, 1.54) is 16.7 Å². The minimum absolute atomic E-state index is 0.264. The first-order chi connectivity index (χ1) is 11.6. The highest BCUT2D eigenvalue weighted by Gasteiger charge is 2.18. The van der Waals surface area contributed by atoms with Crippen molar-refractivity contribution in [3.63, 3.8) is 0 Å². The van der Waals surface area contributed by atoms with Gasteiger partial charge in [0, 0.05) is 31.1 Å². The summed E-state index contributed by atoms with van der Waals surface area (Å²) in [6.45, 7) is 6.85. The highest BCUT2D eigenvalue weighted by Crippen LogP contribution is 2.26. The lowest BCUT2D eigenvalue weighted by Crippen LogP contribution is -2.30. The van der Waals surface area contributed by atoms with Crippen LogP contribution >= 0.6 is 0 Å². The molecule has 0 N–H and O–H groups in total. The summed E-state index contributed by atoms with van der Waals surface area (Å²) in [5.74, 6) is 0. The predicted molar refractivity (Wildman–Crippen MR) is 96.2 cm³/mol. The fourth-order valence-corrected chi connectivity index (χ4v) is 3.83. The minimum atomic E-state index is -0.264. The lowest BCUT2D eigenvalue weighted by molar-refractivity contribution is 0.246. The van der Waals surface area contributed by atoms with Gasteiger partial charge in [0.25, 0.3) is 0 Å². The van der Waals surface area contributed by atoms with Crippen LogP contribution < -0.4 is 5.63 Å². The Balaban J connectivity index is 1.72. The minimum Gasteiger partial charge on any atom is -0.423 e. The Bertz CT molecular complexity index is 971. The Morgan fingerprint density at radius 1 is 1.08 bits per heavy atom. The van der Waals surface area contributed by atoms with Gasteiger partial charge in [-0.3, -0.25) is 4.90 Å². The molecule has 0 unspecified atom stereocenters. The van der Waals surface area contributed by atoms with Gasteiger partial charge in [0.05, 0.1) is 0 Å². The molecule has 0 saturated carbocycles. The Morgan fingerprint density at radius 2 is 1.88 bits per heavy atom. The maximum atomic E-state index is 12.0. The van der Waals surface area contributed by atoms with E-state index in [9.17, 15) is 4.79 Å². The third-order valence-corrected chi connectivity index (χ3v) is 4.87. The first kappa shape index (κ1) is 15.2. The summed E-state index contributed by atoms with van der Waals surface area (Å²) in [5, 5.41) is 1.08. The van der Waals surface area contributed by atoms with E-state index >= 15 is 0 Å². The van der Waals surface area contributed by atoms with Crippen LogP contribution in [-0.2, 0) is 19.5 Å². The van der Waals surface area contributed by atoms with Gasteiger partial charge in [-0.1, -0.05) is 30.3 Å². The molecule has 1 aliphatic rings. The van der Waals surface area contributed by atoms with Gasteiger partial charge >= 0.3 is 5.63 Å². The average molecular weight is 319 g/mol. The van der Waals surface area contributed by atoms with Crippen molar-refractivity contribution in [2.45, 2.75) is 33.4 Å². The fraction of sp³-hybridized carbons (Fsp3) is 0.286. The number of nitrogens with zero attached hydrogens (tertiary/aromatic N) is 1. The van der Waals surface area contributed by atoms with E-state index in [-0.39, 0.29) is 5.63 Å². The maximum absolute atomic E-state index is 12.0. The van der Waals surface area contributed by atoms with Crippen molar-refractivity contribution in [1.82, 2.24) is 4.90 Å². The van der Waals surface area contributed by atoms with Gasteiger partial charge in [-0.15, -0.1) is 0 Å². The molecule has 2 heterocycles. The topological polar surface area (TPSA) is 33.5 Å². The zero-order chi connectivity index (χ0) is 16.7. The largest absolute Gasteiger partial charge is 0.423 e. The van der Waals surface area contributed by atoms with Crippen LogP contribution in [0, 0.1) is 13.8 Å². The summed E-state index contributed by atoms with van der Waals surface area (Å²) in [6.07, 6.45) is 1.06. The second-order valence-corrected chi connectivity index (χ2v) is 6.77. The van der Waals surface area contributed by atoms with Gasteiger partial charge in [-0.2, -0.15) is 0 Å². The molecular weight excluding hydrogens is 298 g/mol.